The summed E-state index contributed by atoms with van der Waals surface area (Å²) in [6.45, 7) is 1.31. The van der Waals surface area contributed by atoms with Crippen molar-refractivity contribution >= 4 is 0 Å². The standard InChI is InChI=1S/C28H32O6/c1-30-28-27(33-19-23-15-9-4-10-16-23)26(32-18-22-13-7-3-8-14-22)25(29)24(34-28)20-31-17-21-11-5-2-6-12-21/h2-16,24-29H,17-20H2,1H3/t24?,25-,26?,27?,28-/m1/s1. The van der Waals surface area contributed by atoms with E-state index in [0.29, 0.717) is 19.8 Å². The van der Waals surface area contributed by atoms with Gasteiger partial charge in [0.15, 0.2) is 6.29 Å². The van der Waals surface area contributed by atoms with Crippen molar-refractivity contribution in [3.8, 4) is 0 Å². The van der Waals surface area contributed by atoms with Gasteiger partial charge in [-0.15, -0.1) is 0 Å². The van der Waals surface area contributed by atoms with E-state index in [4.69, 9.17) is 23.7 Å². The molecule has 0 aromatic heterocycles. The van der Waals surface area contributed by atoms with Crippen LogP contribution in [-0.4, -0.2) is 49.5 Å². The topological polar surface area (TPSA) is 66.4 Å². The average molecular weight is 465 g/mol. The van der Waals surface area contributed by atoms with Gasteiger partial charge in [0.1, 0.15) is 24.4 Å². The lowest BCUT2D eigenvalue weighted by molar-refractivity contribution is -0.315. The van der Waals surface area contributed by atoms with Gasteiger partial charge in [-0.25, -0.2) is 0 Å². The normalized spacial score (nSPS) is 24.7. The summed E-state index contributed by atoms with van der Waals surface area (Å²) >= 11 is 0. The molecule has 0 bridgehead atoms. The van der Waals surface area contributed by atoms with Crippen LogP contribution in [0.25, 0.3) is 0 Å². The van der Waals surface area contributed by atoms with E-state index in [-0.39, 0.29) is 6.61 Å². The van der Waals surface area contributed by atoms with Crippen molar-refractivity contribution in [2.24, 2.45) is 0 Å². The maximum Gasteiger partial charge on any atom is 0.186 e. The van der Waals surface area contributed by atoms with Crippen LogP contribution in [0.1, 0.15) is 16.7 Å². The average Bonchev–Trinajstić information content (AvgIpc) is 2.89. The van der Waals surface area contributed by atoms with Crippen molar-refractivity contribution in [2.75, 3.05) is 13.7 Å². The molecule has 1 heterocycles. The van der Waals surface area contributed by atoms with Crippen LogP contribution in [0.3, 0.4) is 0 Å². The number of hydrogen-bond donors (Lipinski definition) is 1. The van der Waals surface area contributed by atoms with Gasteiger partial charge in [0.05, 0.1) is 26.4 Å². The summed E-state index contributed by atoms with van der Waals surface area (Å²) in [6.07, 6.45) is -3.56. The van der Waals surface area contributed by atoms with Crippen LogP contribution in [0.5, 0.6) is 0 Å². The Kier molecular flexibility index (Phi) is 9.21. The van der Waals surface area contributed by atoms with E-state index >= 15 is 0 Å². The van der Waals surface area contributed by atoms with E-state index in [0.717, 1.165) is 16.7 Å². The Morgan fingerprint density at radius 3 is 1.65 bits per heavy atom. The van der Waals surface area contributed by atoms with Crippen LogP contribution in [0.2, 0.25) is 0 Å². The third-order valence-corrected chi connectivity index (χ3v) is 5.82. The van der Waals surface area contributed by atoms with E-state index in [1.54, 1.807) is 7.11 Å². The van der Waals surface area contributed by atoms with Crippen LogP contribution in [0.4, 0.5) is 0 Å². The van der Waals surface area contributed by atoms with Crippen LogP contribution >= 0.6 is 0 Å². The molecule has 0 amide bonds. The monoisotopic (exact) mass is 464 g/mol. The van der Waals surface area contributed by atoms with Crippen LogP contribution < -0.4 is 0 Å². The predicted octanol–water partition coefficient (Wildman–Crippen LogP) is 4.11. The highest BCUT2D eigenvalue weighted by Gasteiger charge is 2.47. The first-order valence-electron chi connectivity index (χ1n) is 11.5. The van der Waals surface area contributed by atoms with Crippen molar-refractivity contribution in [1.29, 1.82) is 0 Å². The summed E-state index contributed by atoms with van der Waals surface area (Å²) in [7, 11) is 1.57. The number of benzene rings is 3. The Hall–Kier alpha value is -2.58. The summed E-state index contributed by atoms with van der Waals surface area (Å²) in [4.78, 5) is 0. The maximum absolute atomic E-state index is 11.2. The van der Waals surface area contributed by atoms with Crippen molar-refractivity contribution in [3.63, 3.8) is 0 Å². The maximum atomic E-state index is 11.2. The number of aliphatic hydroxyl groups excluding tert-OH is 1. The van der Waals surface area contributed by atoms with Gasteiger partial charge in [0.2, 0.25) is 0 Å². The molecule has 3 aromatic rings. The van der Waals surface area contributed by atoms with Crippen molar-refractivity contribution < 1.29 is 28.8 Å². The number of hydrogen-bond acceptors (Lipinski definition) is 6. The molecule has 180 valence electrons. The minimum absolute atomic E-state index is 0.201. The fourth-order valence-electron chi connectivity index (χ4n) is 3.99. The van der Waals surface area contributed by atoms with Gasteiger partial charge >= 0.3 is 0 Å². The third kappa shape index (κ3) is 6.73. The second kappa shape index (κ2) is 12.8. The molecule has 1 aliphatic rings. The van der Waals surface area contributed by atoms with Gasteiger partial charge < -0.3 is 28.8 Å². The molecule has 1 aliphatic heterocycles. The smallest absolute Gasteiger partial charge is 0.186 e. The highest BCUT2D eigenvalue weighted by molar-refractivity contribution is 5.15. The lowest BCUT2D eigenvalue weighted by atomic mass is 9.98. The Bertz CT molecular complexity index is 952. The first kappa shape index (κ1) is 24.5. The van der Waals surface area contributed by atoms with E-state index in [9.17, 15) is 5.11 Å². The SMILES string of the molecule is CO[C@@H]1OC(COCc2ccccc2)[C@@H](O)C(OCc2ccccc2)C1OCc1ccccc1. The first-order chi connectivity index (χ1) is 16.7. The van der Waals surface area contributed by atoms with Crippen LogP contribution in [0, 0.1) is 0 Å². The van der Waals surface area contributed by atoms with Gasteiger partial charge in [-0.3, -0.25) is 0 Å². The molecular weight excluding hydrogens is 432 g/mol. The summed E-state index contributed by atoms with van der Waals surface area (Å²) in [5, 5.41) is 11.2. The zero-order valence-corrected chi connectivity index (χ0v) is 19.4. The first-order valence-corrected chi connectivity index (χ1v) is 11.5. The summed E-state index contributed by atoms with van der Waals surface area (Å²) < 4.78 is 30.0. The van der Waals surface area contributed by atoms with Gasteiger partial charge in [0.25, 0.3) is 0 Å². The molecule has 0 radical (unpaired) electrons. The lowest BCUT2D eigenvalue weighted by Gasteiger charge is -2.43. The zero-order chi connectivity index (χ0) is 23.6. The van der Waals surface area contributed by atoms with Gasteiger partial charge in [-0.1, -0.05) is 91.0 Å². The van der Waals surface area contributed by atoms with Crippen molar-refractivity contribution in [3.05, 3.63) is 108 Å². The lowest BCUT2D eigenvalue weighted by Crippen LogP contribution is -2.60. The van der Waals surface area contributed by atoms with Crippen molar-refractivity contribution in [1.82, 2.24) is 0 Å². The highest BCUT2D eigenvalue weighted by atomic mass is 16.7. The van der Waals surface area contributed by atoms with E-state index in [2.05, 4.69) is 0 Å². The minimum Gasteiger partial charge on any atom is -0.387 e. The number of ether oxygens (including phenoxy) is 5. The zero-order valence-electron chi connectivity index (χ0n) is 19.4. The fourth-order valence-corrected chi connectivity index (χ4v) is 3.99. The van der Waals surface area contributed by atoms with Crippen molar-refractivity contribution in [2.45, 2.75) is 50.5 Å². The second-order valence-electron chi connectivity index (χ2n) is 8.29. The van der Waals surface area contributed by atoms with E-state index < -0.39 is 30.7 Å². The highest BCUT2D eigenvalue weighted by Crippen LogP contribution is 2.28. The van der Waals surface area contributed by atoms with Gasteiger partial charge in [-0.05, 0) is 16.7 Å². The molecule has 6 heteroatoms. The fraction of sp³-hybridized carbons (Fsp3) is 0.357. The molecule has 0 spiro atoms. The molecular formula is C28H32O6. The molecule has 1 N–H and O–H groups in total. The minimum atomic E-state index is -0.952. The number of rotatable bonds is 11. The molecule has 3 unspecified atom stereocenters. The molecule has 4 rings (SSSR count). The van der Waals surface area contributed by atoms with Gasteiger partial charge in [0, 0.05) is 7.11 Å². The largest absolute Gasteiger partial charge is 0.387 e. The summed E-state index contributed by atoms with van der Waals surface area (Å²) in [5.41, 5.74) is 3.08. The number of aliphatic hydroxyl groups is 1. The quantitative estimate of drug-likeness (QED) is 0.461. The molecule has 1 fully saturated rings. The molecule has 3 aromatic carbocycles. The molecule has 0 aliphatic carbocycles. The summed E-state index contributed by atoms with van der Waals surface area (Å²) in [5.74, 6) is 0. The predicted molar refractivity (Wildman–Crippen MR) is 128 cm³/mol. The second-order valence-corrected chi connectivity index (χ2v) is 8.29. The van der Waals surface area contributed by atoms with E-state index in [1.165, 1.54) is 0 Å². The molecule has 34 heavy (non-hydrogen) atoms. The van der Waals surface area contributed by atoms with Crippen LogP contribution in [-0.2, 0) is 43.5 Å². The van der Waals surface area contributed by atoms with Gasteiger partial charge in [-0.2, -0.15) is 0 Å². The Balaban J connectivity index is 1.44. The molecule has 0 saturated carbocycles. The Morgan fingerprint density at radius 2 is 1.15 bits per heavy atom. The molecule has 5 atom stereocenters. The molecule has 1 saturated heterocycles. The Morgan fingerprint density at radius 1 is 0.676 bits per heavy atom. The van der Waals surface area contributed by atoms with Crippen LogP contribution in [0.15, 0.2) is 91.0 Å². The summed E-state index contributed by atoms with van der Waals surface area (Å²) in [6, 6.07) is 29.6. The molecule has 6 nitrogen and oxygen atoms in total. The Labute approximate surface area is 201 Å². The number of methoxy groups -OCH3 is 1. The third-order valence-electron chi connectivity index (χ3n) is 5.82. The van der Waals surface area contributed by atoms with E-state index in [1.807, 2.05) is 91.0 Å².